The molecular formula is C16H17BrN2O3. The van der Waals surface area contributed by atoms with E-state index in [2.05, 4.69) is 26.0 Å². The van der Waals surface area contributed by atoms with Crippen LogP contribution >= 0.6 is 15.9 Å². The molecule has 1 fully saturated rings. The number of hydrogen-bond acceptors (Lipinski definition) is 5. The largest absolute Gasteiger partial charge is 0.465 e. The molecule has 0 spiro atoms. The number of hydrogen-bond donors (Lipinski definition) is 0. The summed E-state index contributed by atoms with van der Waals surface area (Å²) in [5.41, 5.74) is 2.75. The third-order valence-electron chi connectivity index (χ3n) is 4.02. The van der Waals surface area contributed by atoms with E-state index in [4.69, 9.17) is 9.26 Å². The molecule has 5 nitrogen and oxygen atoms in total. The Balaban J connectivity index is 1.65. The van der Waals surface area contributed by atoms with Gasteiger partial charge in [-0.15, -0.1) is 0 Å². The molecule has 0 saturated carbocycles. The second-order valence-corrected chi connectivity index (χ2v) is 6.30. The third kappa shape index (κ3) is 3.23. The summed E-state index contributed by atoms with van der Waals surface area (Å²) in [6, 6.07) is 7.53. The van der Waals surface area contributed by atoms with E-state index in [9.17, 15) is 4.79 Å². The molecule has 1 unspecified atom stereocenters. The molecule has 3 rings (SSSR count). The van der Waals surface area contributed by atoms with Gasteiger partial charge in [0.2, 0.25) is 0 Å². The van der Waals surface area contributed by atoms with Crippen LogP contribution in [0, 0.1) is 0 Å². The fourth-order valence-corrected chi connectivity index (χ4v) is 3.32. The van der Waals surface area contributed by atoms with Crippen LogP contribution in [0.25, 0.3) is 0 Å². The fourth-order valence-electron chi connectivity index (χ4n) is 2.81. The van der Waals surface area contributed by atoms with Crippen LogP contribution in [0.3, 0.4) is 0 Å². The first-order chi connectivity index (χ1) is 10.7. The summed E-state index contributed by atoms with van der Waals surface area (Å²) in [6.45, 7) is 2.84. The van der Waals surface area contributed by atoms with E-state index in [1.165, 1.54) is 7.11 Å². The molecule has 0 radical (unpaired) electrons. The molecule has 0 bridgehead atoms. The van der Waals surface area contributed by atoms with Crippen LogP contribution in [0.5, 0.6) is 0 Å². The molecule has 1 saturated heterocycles. The predicted octanol–water partition coefficient (Wildman–Crippen LogP) is 3.21. The predicted molar refractivity (Wildman–Crippen MR) is 84.6 cm³/mol. The molecule has 2 heterocycles. The van der Waals surface area contributed by atoms with Gasteiger partial charge in [-0.05, 0) is 30.7 Å². The van der Waals surface area contributed by atoms with Gasteiger partial charge in [0.25, 0.3) is 0 Å². The summed E-state index contributed by atoms with van der Waals surface area (Å²) in [4.78, 5) is 13.9. The van der Waals surface area contributed by atoms with E-state index < -0.39 is 0 Å². The minimum atomic E-state index is -0.320. The zero-order valence-electron chi connectivity index (χ0n) is 12.3. The highest BCUT2D eigenvalue weighted by atomic mass is 79.9. The monoisotopic (exact) mass is 364 g/mol. The van der Waals surface area contributed by atoms with Gasteiger partial charge < -0.3 is 9.26 Å². The van der Waals surface area contributed by atoms with Gasteiger partial charge in [-0.25, -0.2) is 4.79 Å². The maximum absolute atomic E-state index is 11.5. The zero-order chi connectivity index (χ0) is 15.5. The Hall–Kier alpha value is -1.66. The maximum atomic E-state index is 11.5. The fraction of sp³-hybridized carbons (Fsp3) is 0.375. The number of halogens is 1. The molecule has 6 heteroatoms. The molecule has 1 aromatic carbocycles. The van der Waals surface area contributed by atoms with Crippen LogP contribution < -0.4 is 0 Å². The quantitative estimate of drug-likeness (QED) is 0.779. The average molecular weight is 365 g/mol. The first-order valence-corrected chi connectivity index (χ1v) is 7.96. The molecule has 0 N–H and O–H groups in total. The summed E-state index contributed by atoms with van der Waals surface area (Å²) >= 11 is 3.54. The maximum Gasteiger partial charge on any atom is 0.337 e. The summed E-state index contributed by atoms with van der Waals surface area (Å²) in [5, 5.41) is 4.04. The van der Waals surface area contributed by atoms with Crippen molar-refractivity contribution in [3.8, 4) is 0 Å². The van der Waals surface area contributed by atoms with Crippen LogP contribution in [0.4, 0.5) is 0 Å². The first-order valence-electron chi connectivity index (χ1n) is 7.16. The minimum absolute atomic E-state index is 0.320. The van der Waals surface area contributed by atoms with Gasteiger partial charge in [-0.2, -0.15) is 0 Å². The lowest BCUT2D eigenvalue weighted by atomic mass is 10.1. The van der Waals surface area contributed by atoms with Crippen molar-refractivity contribution in [2.24, 2.45) is 0 Å². The molecule has 0 amide bonds. The third-order valence-corrected chi connectivity index (χ3v) is 4.75. The lowest BCUT2D eigenvalue weighted by Gasteiger charge is -2.17. The van der Waals surface area contributed by atoms with Crippen molar-refractivity contribution in [1.29, 1.82) is 0 Å². The van der Waals surface area contributed by atoms with Gasteiger partial charge in [0, 0.05) is 29.5 Å². The lowest BCUT2D eigenvalue weighted by Crippen LogP contribution is -2.20. The van der Waals surface area contributed by atoms with Crippen molar-refractivity contribution in [2.45, 2.75) is 18.9 Å². The Morgan fingerprint density at radius 2 is 2.36 bits per heavy atom. The molecule has 1 aromatic heterocycles. The smallest absolute Gasteiger partial charge is 0.337 e. The van der Waals surface area contributed by atoms with Crippen molar-refractivity contribution < 1.29 is 14.1 Å². The SMILES string of the molecule is COC(=O)c1ccc(CN2CCC(c3ccon3)C2)c(Br)c1. The standard InChI is InChI=1S/C16H17BrN2O3/c1-21-16(20)11-2-3-12(14(17)8-11)9-19-6-4-13(10-19)15-5-7-22-18-15/h2-3,5,7-8,13H,4,6,9-10H2,1H3. The summed E-state index contributed by atoms with van der Waals surface area (Å²) < 4.78 is 10.6. The number of carbonyl (C=O) groups is 1. The van der Waals surface area contributed by atoms with Crippen molar-refractivity contribution in [3.63, 3.8) is 0 Å². The summed E-state index contributed by atoms with van der Waals surface area (Å²) in [7, 11) is 1.39. The number of ether oxygens (including phenoxy) is 1. The number of nitrogens with zero attached hydrogens (tertiary/aromatic N) is 2. The lowest BCUT2D eigenvalue weighted by molar-refractivity contribution is 0.0600. The Morgan fingerprint density at radius 1 is 1.50 bits per heavy atom. The zero-order valence-corrected chi connectivity index (χ0v) is 13.9. The number of carbonyl (C=O) groups excluding carboxylic acids is 1. The molecule has 2 aromatic rings. The molecule has 1 aliphatic heterocycles. The van der Waals surface area contributed by atoms with Crippen LogP contribution in [0.2, 0.25) is 0 Å². The van der Waals surface area contributed by atoms with Crippen LogP contribution in [0.1, 0.15) is 34.0 Å². The Kier molecular flexibility index (Phi) is 4.59. The summed E-state index contributed by atoms with van der Waals surface area (Å²) in [6.07, 6.45) is 2.71. The van der Waals surface area contributed by atoms with Crippen molar-refractivity contribution >= 4 is 21.9 Å². The van der Waals surface area contributed by atoms with Crippen LogP contribution in [-0.2, 0) is 11.3 Å². The second kappa shape index (κ2) is 6.62. The van der Waals surface area contributed by atoms with Gasteiger partial charge in [0.1, 0.15) is 6.26 Å². The van der Waals surface area contributed by atoms with Crippen LogP contribution in [0.15, 0.2) is 39.5 Å². The highest BCUT2D eigenvalue weighted by Crippen LogP contribution is 2.28. The van der Waals surface area contributed by atoms with E-state index in [-0.39, 0.29) is 5.97 Å². The van der Waals surface area contributed by atoms with Crippen LogP contribution in [-0.4, -0.2) is 36.2 Å². The Morgan fingerprint density at radius 3 is 3.05 bits per heavy atom. The molecule has 116 valence electrons. The normalized spacial score (nSPS) is 18.5. The highest BCUT2D eigenvalue weighted by Gasteiger charge is 2.26. The number of benzene rings is 1. The Bertz CT molecular complexity index is 657. The average Bonchev–Trinajstić information content (AvgIpc) is 3.19. The van der Waals surface area contributed by atoms with Gasteiger partial charge in [-0.1, -0.05) is 27.2 Å². The number of likely N-dealkylation sites (tertiary alicyclic amines) is 1. The molecule has 22 heavy (non-hydrogen) atoms. The molecule has 1 aliphatic rings. The van der Waals surface area contributed by atoms with E-state index in [1.54, 1.807) is 12.3 Å². The van der Waals surface area contributed by atoms with Gasteiger partial charge in [0.15, 0.2) is 0 Å². The van der Waals surface area contributed by atoms with Crippen molar-refractivity contribution in [3.05, 3.63) is 51.8 Å². The number of rotatable bonds is 4. The number of aromatic nitrogens is 1. The van der Waals surface area contributed by atoms with E-state index in [1.807, 2.05) is 18.2 Å². The highest BCUT2D eigenvalue weighted by molar-refractivity contribution is 9.10. The van der Waals surface area contributed by atoms with Gasteiger partial charge >= 0.3 is 5.97 Å². The van der Waals surface area contributed by atoms with Gasteiger partial charge in [0.05, 0.1) is 18.4 Å². The van der Waals surface area contributed by atoms with E-state index in [0.717, 1.165) is 41.8 Å². The second-order valence-electron chi connectivity index (χ2n) is 5.44. The molecular weight excluding hydrogens is 348 g/mol. The minimum Gasteiger partial charge on any atom is -0.465 e. The first kappa shape index (κ1) is 15.2. The van der Waals surface area contributed by atoms with Gasteiger partial charge in [-0.3, -0.25) is 4.90 Å². The number of methoxy groups -OCH3 is 1. The van der Waals surface area contributed by atoms with E-state index in [0.29, 0.717) is 11.5 Å². The molecule has 0 aliphatic carbocycles. The van der Waals surface area contributed by atoms with Crippen molar-refractivity contribution in [2.75, 3.05) is 20.2 Å². The van der Waals surface area contributed by atoms with E-state index >= 15 is 0 Å². The number of esters is 1. The molecule has 1 atom stereocenters. The summed E-state index contributed by atoms with van der Waals surface area (Å²) in [5.74, 6) is 0.117. The Labute approximate surface area is 137 Å². The topological polar surface area (TPSA) is 55.6 Å². The van der Waals surface area contributed by atoms with Crippen molar-refractivity contribution in [1.82, 2.24) is 10.1 Å².